The predicted octanol–water partition coefficient (Wildman–Crippen LogP) is 1.66. The highest BCUT2D eigenvalue weighted by Crippen LogP contribution is 2.35. The maximum atomic E-state index is 10.7. The van der Waals surface area contributed by atoms with Gasteiger partial charge in [-0.05, 0) is 12.0 Å². The number of carbonyl (C=O) groups is 1. The molecule has 2 N–H and O–H groups in total. The van der Waals surface area contributed by atoms with Crippen LogP contribution in [0.4, 0.5) is 11.4 Å². The molecule has 0 amide bonds. The van der Waals surface area contributed by atoms with Crippen LogP contribution < -0.4 is 10.1 Å². The molecule has 0 aliphatic carbocycles. The number of ether oxygens (including phenoxy) is 1. The maximum Gasteiger partial charge on any atom is 0.311 e. The summed E-state index contributed by atoms with van der Waals surface area (Å²) in [5.41, 5.74) is 1.96. The molecule has 0 aromatic heterocycles. The Morgan fingerprint density at radius 2 is 2.17 bits per heavy atom. The largest absolute Gasteiger partial charge is 0.490 e. The standard InChI is InChI=1S/C9H10N2O3.C2H4O2/c1-14-9-5-7-6(2-3-10-7)4-8(9)11(12)13;1-2(3)4/h4-5,10H,2-3H2,1H3;1H3,(H,3,4). The molecule has 1 aliphatic heterocycles. The minimum absolute atomic E-state index is 0.0370. The lowest BCUT2D eigenvalue weighted by molar-refractivity contribution is -0.385. The first-order valence-electron chi connectivity index (χ1n) is 5.24. The van der Waals surface area contributed by atoms with E-state index in [0.29, 0.717) is 5.75 Å². The molecular formula is C11H14N2O5. The van der Waals surface area contributed by atoms with Crippen molar-refractivity contribution >= 4 is 17.3 Å². The van der Waals surface area contributed by atoms with Crippen molar-refractivity contribution in [2.75, 3.05) is 19.0 Å². The highest BCUT2D eigenvalue weighted by atomic mass is 16.6. The second kappa shape index (κ2) is 5.85. The van der Waals surface area contributed by atoms with E-state index >= 15 is 0 Å². The number of nitrogens with one attached hydrogen (secondary N) is 1. The SMILES string of the molecule is CC(=O)O.COc1cc2c(cc1[N+](=O)[O-])CCN2. The number of fused-ring (bicyclic) bond motifs is 1. The number of anilines is 1. The average Bonchev–Trinajstić information content (AvgIpc) is 2.73. The number of aliphatic carboxylic acids is 1. The zero-order chi connectivity index (χ0) is 13.7. The second-order valence-corrected chi connectivity index (χ2v) is 3.63. The highest BCUT2D eigenvalue weighted by Gasteiger charge is 2.20. The molecule has 7 heteroatoms. The Morgan fingerprint density at radius 3 is 2.67 bits per heavy atom. The maximum absolute atomic E-state index is 10.7. The summed E-state index contributed by atoms with van der Waals surface area (Å²) in [4.78, 5) is 19.3. The van der Waals surface area contributed by atoms with Crippen LogP contribution in [-0.4, -0.2) is 29.7 Å². The molecule has 0 spiro atoms. The first-order valence-corrected chi connectivity index (χ1v) is 5.24. The van der Waals surface area contributed by atoms with E-state index in [9.17, 15) is 10.1 Å². The predicted molar refractivity (Wildman–Crippen MR) is 65.2 cm³/mol. The molecule has 0 bridgehead atoms. The van der Waals surface area contributed by atoms with Crippen molar-refractivity contribution in [3.63, 3.8) is 0 Å². The summed E-state index contributed by atoms with van der Waals surface area (Å²) >= 11 is 0. The van der Waals surface area contributed by atoms with E-state index in [1.807, 2.05) is 0 Å². The zero-order valence-corrected chi connectivity index (χ0v) is 10.1. The topological polar surface area (TPSA) is 102 Å². The van der Waals surface area contributed by atoms with Crippen LogP contribution in [0.15, 0.2) is 12.1 Å². The minimum Gasteiger partial charge on any atom is -0.490 e. The Hall–Kier alpha value is -2.31. The van der Waals surface area contributed by atoms with E-state index in [1.165, 1.54) is 7.11 Å². The van der Waals surface area contributed by atoms with Crippen molar-refractivity contribution < 1.29 is 19.6 Å². The number of carboxylic acid groups (broad SMARTS) is 1. The van der Waals surface area contributed by atoms with Crippen molar-refractivity contribution in [3.05, 3.63) is 27.8 Å². The summed E-state index contributed by atoms with van der Waals surface area (Å²) in [5.74, 6) is -0.525. The summed E-state index contributed by atoms with van der Waals surface area (Å²) in [5, 5.41) is 21.2. The fourth-order valence-electron chi connectivity index (χ4n) is 1.62. The van der Waals surface area contributed by atoms with Gasteiger partial charge in [-0.1, -0.05) is 0 Å². The van der Waals surface area contributed by atoms with Crippen LogP contribution >= 0.6 is 0 Å². The highest BCUT2D eigenvalue weighted by molar-refractivity contribution is 5.65. The molecule has 7 nitrogen and oxygen atoms in total. The van der Waals surface area contributed by atoms with E-state index in [2.05, 4.69) is 5.32 Å². The second-order valence-electron chi connectivity index (χ2n) is 3.63. The first kappa shape index (κ1) is 13.8. The number of nitrogens with zero attached hydrogens (tertiary/aromatic N) is 1. The van der Waals surface area contributed by atoms with Crippen LogP contribution in [0.5, 0.6) is 5.75 Å². The molecule has 0 unspecified atom stereocenters. The number of methoxy groups -OCH3 is 1. The van der Waals surface area contributed by atoms with Crippen LogP contribution in [0.3, 0.4) is 0 Å². The lowest BCUT2D eigenvalue weighted by Crippen LogP contribution is -1.95. The Balaban J connectivity index is 0.000000357. The molecular weight excluding hydrogens is 240 g/mol. The lowest BCUT2D eigenvalue weighted by atomic mass is 10.1. The summed E-state index contributed by atoms with van der Waals surface area (Å²) in [6, 6.07) is 3.26. The number of benzene rings is 1. The van der Waals surface area contributed by atoms with Gasteiger partial charge in [0.1, 0.15) is 0 Å². The summed E-state index contributed by atoms with van der Waals surface area (Å²) in [6.45, 7) is 1.92. The number of rotatable bonds is 2. The van der Waals surface area contributed by atoms with Gasteiger partial charge in [0.2, 0.25) is 0 Å². The van der Waals surface area contributed by atoms with E-state index in [-0.39, 0.29) is 5.69 Å². The van der Waals surface area contributed by atoms with Crippen LogP contribution in [0.1, 0.15) is 12.5 Å². The quantitative estimate of drug-likeness (QED) is 0.614. The smallest absolute Gasteiger partial charge is 0.311 e. The van der Waals surface area contributed by atoms with Crippen molar-refractivity contribution in [2.45, 2.75) is 13.3 Å². The molecule has 0 fully saturated rings. The summed E-state index contributed by atoms with van der Waals surface area (Å²) in [7, 11) is 1.43. The Morgan fingerprint density at radius 1 is 1.56 bits per heavy atom. The molecule has 98 valence electrons. The Labute approximate surface area is 104 Å². The van der Waals surface area contributed by atoms with Crippen LogP contribution in [0, 0.1) is 10.1 Å². The Bertz CT molecular complexity index is 469. The number of nitro benzene ring substituents is 1. The van der Waals surface area contributed by atoms with Gasteiger partial charge in [0, 0.05) is 31.3 Å². The van der Waals surface area contributed by atoms with Gasteiger partial charge in [-0.3, -0.25) is 14.9 Å². The molecule has 0 saturated carbocycles. The molecule has 1 aliphatic rings. The van der Waals surface area contributed by atoms with E-state index in [1.54, 1.807) is 12.1 Å². The monoisotopic (exact) mass is 254 g/mol. The van der Waals surface area contributed by atoms with Crippen molar-refractivity contribution in [3.8, 4) is 5.75 Å². The normalized spacial score (nSPS) is 11.7. The number of carboxylic acids is 1. The van der Waals surface area contributed by atoms with Crippen LogP contribution in [-0.2, 0) is 11.2 Å². The van der Waals surface area contributed by atoms with Gasteiger partial charge in [-0.25, -0.2) is 0 Å². The van der Waals surface area contributed by atoms with Gasteiger partial charge in [-0.2, -0.15) is 0 Å². The van der Waals surface area contributed by atoms with Gasteiger partial charge < -0.3 is 15.2 Å². The van der Waals surface area contributed by atoms with E-state index < -0.39 is 10.9 Å². The molecule has 1 aromatic rings. The van der Waals surface area contributed by atoms with Gasteiger partial charge in [-0.15, -0.1) is 0 Å². The fraction of sp³-hybridized carbons (Fsp3) is 0.364. The molecule has 0 radical (unpaired) electrons. The first-order chi connectivity index (χ1) is 8.45. The third-order valence-electron chi connectivity index (χ3n) is 2.31. The van der Waals surface area contributed by atoms with Crippen molar-refractivity contribution in [2.24, 2.45) is 0 Å². The third kappa shape index (κ3) is 3.34. The van der Waals surface area contributed by atoms with Gasteiger partial charge in [0.15, 0.2) is 5.75 Å². The van der Waals surface area contributed by atoms with Gasteiger partial charge >= 0.3 is 5.69 Å². The number of hydrogen-bond acceptors (Lipinski definition) is 5. The van der Waals surface area contributed by atoms with Crippen LogP contribution in [0.2, 0.25) is 0 Å². The summed E-state index contributed by atoms with van der Waals surface area (Å²) in [6.07, 6.45) is 0.833. The fourth-order valence-corrected chi connectivity index (χ4v) is 1.62. The van der Waals surface area contributed by atoms with Crippen molar-refractivity contribution in [1.29, 1.82) is 0 Å². The van der Waals surface area contributed by atoms with Crippen molar-refractivity contribution in [1.82, 2.24) is 0 Å². The minimum atomic E-state index is -0.833. The van der Waals surface area contributed by atoms with Gasteiger partial charge in [0.05, 0.1) is 12.0 Å². The zero-order valence-electron chi connectivity index (χ0n) is 10.1. The van der Waals surface area contributed by atoms with E-state index in [0.717, 1.165) is 31.1 Å². The summed E-state index contributed by atoms with van der Waals surface area (Å²) < 4.78 is 4.95. The van der Waals surface area contributed by atoms with Gasteiger partial charge in [0.25, 0.3) is 5.97 Å². The third-order valence-corrected chi connectivity index (χ3v) is 2.31. The van der Waals surface area contributed by atoms with Crippen LogP contribution in [0.25, 0.3) is 0 Å². The molecule has 0 saturated heterocycles. The molecule has 18 heavy (non-hydrogen) atoms. The lowest BCUT2D eigenvalue weighted by Gasteiger charge is -2.04. The molecule has 2 rings (SSSR count). The molecule has 1 aromatic carbocycles. The molecule has 0 atom stereocenters. The molecule has 1 heterocycles. The number of hydrogen-bond donors (Lipinski definition) is 2. The Kier molecular flexibility index (Phi) is 4.47. The average molecular weight is 254 g/mol. The van der Waals surface area contributed by atoms with E-state index in [4.69, 9.17) is 14.6 Å². The number of nitro groups is 1.